The molecule has 0 radical (unpaired) electrons. The van der Waals surface area contributed by atoms with Crippen LogP contribution in [0.2, 0.25) is 0 Å². The number of rotatable bonds is 1. The molecule has 0 atom stereocenters. The van der Waals surface area contributed by atoms with Gasteiger partial charge in [0.05, 0.1) is 0 Å². The molecule has 66 valence electrons. The Kier molecular flexibility index (Phi) is 1.77. The smallest absolute Gasteiger partial charge is 0.213 e. The third kappa shape index (κ3) is 1.40. The summed E-state index contributed by atoms with van der Waals surface area (Å²) in [5.41, 5.74) is 0. The number of hydrogen-bond donors (Lipinski definition) is 1. The van der Waals surface area contributed by atoms with Gasteiger partial charge in [0.15, 0.2) is 0 Å². The van der Waals surface area contributed by atoms with E-state index in [0.29, 0.717) is 6.54 Å². The van der Waals surface area contributed by atoms with E-state index in [9.17, 15) is 9.90 Å². The van der Waals surface area contributed by atoms with Crippen molar-refractivity contribution in [2.75, 3.05) is 6.54 Å². The van der Waals surface area contributed by atoms with Crippen LogP contribution in [0.15, 0.2) is 18.2 Å². The largest absolute Gasteiger partial charge is 0.508 e. The van der Waals surface area contributed by atoms with Crippen LogP contribution in [0.4, 0.5) is 0 Å². The monoisotopic (exact) mass is 175 g/mol. The van der Waals surface area contributed by atoms with Crippen molar-refractivity contribution in [2.24, 2.45) is 0 Å². The highest BCUT2D eigenvalue weighted by molar-refractivity contribution is 5.59. The Hall–Kier alpha value is -1.77. The molecule has 0 saturated heterocycles. The van der Waals surface area contributed by atoms with Gasteiger partial charge < -0.3 is 10.0 Å². The highest BCUT2D eigenvalue weighted by Gasteiger charge is 2.00. The molecule has 1 heterocycles. The maximum atomic E-state index is 10.5. The summed E-state index contributed by atoms with van der Waals surface area (Å²) in [6, 6.07) is 5.09. The zero-order valence-electron chi connectivity index (χ0n) is 6.97. The van der Waals surface area contributed by atoms with Crippen LogP contribution in [0.25, 0.3) is 12.3 Å². The van der Waals surface area contributed by atoms with Gasteiger partial charge in [-0.25, -0.2) is 0 Å². The van der Waals surface area contributed by atoms with E-state index in [0.717, 1.165) is 16.8 Å². The highest BCUT2D eigenvalue weighted by Crippen LogP contribution is 1.99. The van der Waals surface area contributed by atoms with E-state index < -0.39 is 0 Å². The topological polar surface area (TPSA) is 40.5 Å². The molecule has 0 aliphatic carbocycles. The van der Waals surface area contributed by atoms with E-state index >= 15 is 0 Å². The fraction of sp³-hybridized carbons (Fsp3) is 0.100. The first-order chi connectivity index (χ1) is 6.29. The normalized spacial score (nSPS) is 14.0. The van der Waals surface area contributed by atoms with Crippen molar-refractivity contribution in [3.63, 3.8) is 0 Å². The van der Waals surface area contributed by atoms with E-state index in [2.05, 4.69) is 0 Å². The number of aromatic hydroxyl groups is 1. The van der Waals surface area contributed by atoms with Crippen molar-refractivity contribution < 1.29 is 9.90 Å². The number of carbonyl (C=O) groups is 1. The maximum Gasteiger partial charge on any atom is 0.213 e. The summed E-state index contributed by atoms with van der Waals surface area (Å²) in [7, 11) is 0. The van der Waals surface area contributed by atoms with Crippen LogP contribution >= 0.6 is 0 Å². The van der Waals surface area contributed by atoms with Crippen LogP contribution in [-0.2, 0) is 4.79 Å². The molecule has 0 spiro atoms. The quantitative estimate of drug-likeness (QED) is 0.578. The minimum absolute atomic E-state index is 0.253. The van der Waals surface area contributed by atoms with E-state index in [4.69, 9.17) is 0 Å². The predicted molar refractivity (Wildman–Crippen MR) is 49.1 cm³/mol. The molecule has 1 aliphatic heterocycles. The van der Waals surface area contributed by atoms with Gasteiger partial charge in [-0.1, -0.05) is 6.08 Å². The lowest BCUT2D eigenvalue weighted by Crippen LogP contribution is -2.34. The first-order valence-electron chi connectivity index (χ1n) is 4.02. The van der Waals surface area contributed by atoms with Crippen molar-refractivity contribution in [1.29, 1.82) is 0 Å². The Labute approximate surface area is 75.2 Å². The van der Waals surface area contributed by atoms with E-state index in [1.807, 2.05) is 6.08 Å². The van der Waals surface area contributed by atoms with Crippen LogP contribution in [0.1, 0.15) is 0 Å². The van der Waals surface area contributed by atoms with E-state index in [1.165, 1.54) is 0 Å². The molecule has 13 heavy (non-hydrogen) atoms. The molecule has 0 unspecified atom stereocenters. The van der Waals surface area contributed by atoms with Crippen molar-refractivity contribution in [2.45, 2.75) is 0 Å². The number of phenols is 1. The van der Waals surface area contributed by atoms with Crippen LogP contribution in [0.5, 0.6) is 5.75 Å². The second kappa shape index (κ2) is 2.94. The van der Waals surface area contributed by atoms with Gasteiger partial charge in [0.25, 0.3) is 0 Å². The zero-order chi connectivity index (χ0) is 9.26. The molecule has 1 aromatic carbocycles. The molecule has 0 aromatic heterocycles. The summed E-state index contributed by atoms with van der Waals surface area (Å²) in [5.74, 6) is 0.253. The second-order valence-electron chi connectivity index (χ2n) is 2.95. The third-order valence-electron chi connectivity index (χ3n) is 2.03. The van der Waals surface area contributed by atoms with E-state index in [1.54, 1.807) is 29.3 Å². The van der Waals surface area contributed by atoms with Crippen LogP contribution in [0, 0.1) is 0 Å². The molecule has 0 bridgehead atoms. The average Bonchev–Trinajstić information content (AvgIpc) is 2.17. The number of nitrogens with zero attached hydrogens (tertiary/aromatic N) is 1. The van der Waals surface area contributed by atoms with Gasteiger partial charge in [0, 0.05) is 12.7 Å². The molecule has 2 rings (SSSR count). The summed E-state index contributed by atoms with van der Waals surface area (Å²) in [6.45, 7) is 0.569. The van der Waals surface area contributed by atoms with Gasteiger partial charge in [-0.05, 0) is 28.6 Å². The summed E-state index contributed by atoms with van der Waals surface area (Å²) < 4.78 is 0. The Bertz CT molecular complexity index is 450. The molecular weight excluding hydrogens is 166 g/mol. The van der Waals surface area contributed by atoms with E-state index in [-0.39, 0.29) is 5.75 Å². The molecule has 0 saturated carbocycles. The lowest BCUT2D eigenvalue weighted by atomic mass is 10.2. The number of hydrogen-bond acceptors (Lipinski definition) is 2. The lowest BCUT2D eigenvalue weighted by molar-refractivity contribution is -0.114. The number of benzene rings is 1. The molecule has 3 heteroatoms. The van der Waals surface area contributed by atoms with Crippen molar-refractivity contribution in [3.05, 3.63) is 28.6 Å². The van der Waals surface area contributed by atoms with Gasteiger partial charge in [-0.3, -0.25) is 4.79 Å². The van der Waals surface area contributed by atoms with Gasteiger partial charge in [0.2, 0.25) is 6.41 Å². The molecule has 0 fully saturated rings. The van der Waals surface area contributed by atoms with Crippen molar-refractivity contribution >= 4 is 18.7 Å². The average molecular weight is 175 g/mol. The number of carbonyl (C=O) groups excluding carboxylic acids is 1. The summed E-state index contributed by atoms with van der Waals surface area (Å²) in [5, 5.41) is 11.1. The van der Waals surface area contributed by atoms with Crippen LogP contribution in [-0.4, -0.2) is 23.0 Å². The summed E-state index contributed by atoms with van der Waals surface area (Å²) in [4.78, 5) is 12.0. The van der Waals surface area contributed by atoms with Gasteiger partial charge >= 0.3 is 0 Å². The molecule has 3 nitrogen and oxygen atoms in total. The van der Waals surface area contributed by atoms with Gasteiger partial charge in [0.1, 0.15) is 5.75 Å². The molecular formula is C10H9NO2. The molecule has 1 N–H and O–H groups in total. The fourth-order valence-corrected chi connectivity index (χ4v) is 1.37. The highest BCUT2D eigenvalue weighted by atomic mass is 16.3. The standard InChI is InChI=1S/C10H9NO2/c12-7-11-4-3-8-5-10(13)2-1-9(8)6-11/h1-3,5-7,13H,4H2. The number of fused-ring (bicyclic) bond motifs is 1. The second-order valence-corrected chi connectivity index (χ2v) is 2.95. The Balaban J connectivity index is 2.63. The number of amides is 1. The van der Waals surface area contributed by atoms with Gasteiger partial charge in [-0.15, -0.1) is 0 Å². The van der Waals surface area contributed by atoms with Crippen molar-refractivity contribution in [1.82, 2.24) is 4.90 Å². The zero-order valence-corrected chi connectivity index (χ0v) is 6.97. The van der Waals surface area contributed by atoms with Crippen molar-refractivity contribution in [3.8, 4) is 5.75 Å². The molecule has 1 aromatic rings. The Morgan fingerprint density at radius 3 is 3.00 bits per heavy atom. The first kappa shape index (κ1) is 7.86. The summed E-state index contributed by atoms with van der Waals surface area (Å²) in [6.07, 6.45) is 4.46. The first-order valence-corrected chi connectivity index (χ1v) is 4.02. The Morgan fingerprint density at radius 1 is 1.38 bits per heavy atom. The predicted octanol–water partition coefficient (Wildman–Crippen LogP) is -0.617. The minimum Gasteiger partial charge on any atom is -0.508 e. The third-order valence-corrected chi connectivity index (χ3v) is 2.03. The maximum absolute atomic E-state index is 10.5. The Morgan fingerprint density at radius 2 is 2.23 bits per heavy atom. The fourth-order valence-electron chi connectivity index (χ4n) is 1.37. The molecule has 1 amide bonds. The number of phenolic OH excluding ortho intramolecular Hbond substituents is 1. The van der Waals surface area contributed by atoms with Crippen LogP contribution in [0.3, 0.4) is 0 Å². The molecule has 1 aliphatic rings. The minimum atomic E-state index is 0.253. The van der Waals surface area contributed by atoms with Crippen LogP contribution < -0.4 is 10.4 Å². The summed E-state index contributed by atoms with van der Waals surface area (Å²) >= 11 is 0. The lowest BCUT2D eigenvalue weighted by Gasteiger charge is -2.12. The SMILES string of the molecule is O=CN1C=c2ccc(O)cc2=CC1. The van der Waals surface area contributed by atoms with Gasteiger partial charge in [-0.2, -0.15) is 0 Å².